The third kappa shape index (κ3) is 3.61. The van der Waals surface area contributed by atoms with E-state index in [1.165, 1.54) is 0 Å². The first-order chi connectivity index (χ1) is 15.0. The average molecular weight is 439 g/mol. The molecule has 8 heteroatoms. The van der Waals surface area contributed by atoms with Gasteiger partial charge in [0.15, 0.2) is 11.5 Å². The Hall–Kier alpha value is -3.45. The molecule has 0 spiro atoms. The summed E-state index contributed by atoms with van der Waals surface area (Å²) >= 11 is 6.42. The molecule has 2 aromatic heterocycles. The van der Waals surface area contributed by atoms with E-state index in [4.69, 9.17) is 30.8 Å². The number of methoxy groups -OCH3 is 3. The highest BCUT2D eigenvalue weighted by Crippen LogP contribution is 2.41. The summed E-state index contributed by atoms with van der Waals surface area (Å²) in [6.45, 7) is 3.97. The number of imidazole rings is 1. The summed E-state index contributed by atoms with van der Waals surface area (Å²) in [6.07, 6.45) is 0. The van der Waals surface area contributed by atoms with Crippen LogP contribution in [0.5, 0.6) is 17.2 Å². The lowest BCUT2D eigenvalue weighted by Gasteiger charge is -2.13. The van der Waals surface area contributed by atoms with Crippen LogP contribution in [0.1, 0.15) is 11.5 Å². The molecule has 2 heterocycles. The van der Waals surface area contributed by atoms with Crippen molar-refractivity contribution in [3.05, 3.63) is 59.0 Å². The molecular weight excluding hydrogens is 416 g/mol. The van der Waals surface area contributed by atoms with Gasteiger partial charge in [-0.25, -0.2) is 4.98 Å². The van der Waals surface area contributed by atoms with Gasteiger partial charge in [0, 0.05) is 11.3 Å². The van der Waals surface area contributed by atoms with Gasteiger partial charge >= 0.3 is 0 Å². The summed E-state index contributed by atoms with van der Waals surface area (Å²) < 4.78 is 18.4. The Balaban J connectivity index is 1.77. The van der Waals surface area contributed by atoms with Crippen LogP contribution >= 0.6 is 11.6 Å². The summed E-state index contributed by atoms with van der Waals surface area (Å²) in [7, 11) is 4.75. The number of nitrogens with one attached hydrogen (secondary N) is 1. The van der Waals surface area contributed by atoms with Crippen molar-refractivity contribution in [3.8, 4) is 45.6 Å². The number of nitrogens with zero attached hydrogens (tertiary/aromatic N) is 3. The molecule has 0 unspecified atom stereocenters. The van der Waals surface area contributed by atoms with E-state index in [0.717, 1.165) is 39.9 Å². The number of para-hydroxylation sites is 1. The molecule has 0 fully saturated rings. The van der Waals surface area contributed by atoms with Gasteiger partial charge in [0.05, 0.1) is 43.4 Å². The lowest BCUT2D eigenvalue weighted by atomic mass is 10.1. The largest absolute Gasteiger partial charge is 0.493 e. The first kappa shape index (κ1) is 20.8. The van der Waals surface area contributed by atoms with Gasteiger partial charge in [0.1, 0.15) is 11.5 Å². The number of rotatable bonds is 6. The maximum Gasteiger partial charge on any atom is 0.203 e. The average Bonchev–Trinajstić information content (AvgIpc) is 3.38. The zero-order chi connectivity index (χ0) is 22.1. The van der Waals surface area contributed by atoms with E-state index in [2.05, 4.69) is 10.2 Å². The third-order valence-corrected chi connectivity index (χ3v) is 5.48. The Morgan fingerprint density at radius 2 is 1.61 bits per heavy atom. The molecule has 0 aliphatic carbocycles. The van der Waals surface area contributed by atoms with Gasteiger partial charge in [0.25, 0.3) is 0 Å². The van der Waals surface area contributed by atoms with Gasteiger partial charge in [-0.1, -0.05) is 23.7 Å². The van der Waals surface area contributed by atoms with Gasteiger partial charge in [-0.05, 0) is 44.2 Å². The SMILES string of the molecule is COc1cc(-c2cc(-c3nc(C)n(-c4ccccc4Cl)c3C)[nH]n2)cc(OC)c1OC. The highest BCUT2D eigenvalue weighted by Gasteiger charge is 2.19. The highest BCUT2D eigenvalue weighted by atomic mass is 35.5. The van der Waals surface area contributed by atoms with Crippen LogP contribution in [0.4, 0.5) is 0 Å². The second kappa shape index (κ2) is 8.35. The number of halogens is 1. The minimum atomic E-state index is 0.537. The number of aromatic nitrogens is 4. The Labute approximate surface area is 185 Å². The van der Waals surface area contributed by atoms with Crippen LogP contribution in [0.3, 0.4) is 0 Å². The van der Waals surface area contributed by atoms with Gasteiger partial charge in [0.2, 0.25) is 5.75 Å². The normalized spacial score (nSPS) is 10.9. The lowest BCUT2D eigenvalue weighted by Crippen LogP contribution is -2.00. The van der Waals surface area contributed by atoms with Crippen molar-refractivity contribution < 1.29 is 14.2 Å². The first-order valence-electron chi connectivity index (χ1n) is 9.65. The number of H-pyrrole nitrogens is 1. The second-order valence-electron chi connectivity index (χ2n) is 6.96. The molecule has 4 aromatic rings. The molecule has 4 rings (SSSR count). The zero-order valence-corrected chi connectivity index (χ0v) is 18.7. The lowest BCUT2D eigenvalue weighted by molar-refractivity contribution is 0.324. The fraction of sp³-hybridized carbons (Fsp3) is 0.217. The van der Waals surface area contributed by atoms with Gasteiger partial charge in [-0.2, -0.15) is 5.10 Å². The van der Waals surface area contributed by atoms with E-state index in [0.29, 0.717) is 22.3 Å². The maximum atomic E-state index is 6.42. The number of hydrogen-bond acceptors (Lipinski definition) is 5. The fourth-order valence-corrected chi connectivity index (χ4v) is 3.92. The van der Waals surface area contributed by atoms with Crippen LogP contribution in [0, 0.1) is 13.8 Å². The topological polar surface area (TPSA) is 74.2 Å². The summed E-state index contributed by atoms with van der Waals surface area (Å²) in [5, 5.41) is 8.25. The summed E-state index contributed by atoms with van der Waals surface area (Å²) in [5.41, 5.74) is 5.03. The quantitative estimate of drug-likeness (QED) is 0.446. The van der Waals surface area contributed by atoms with Gasteiger partial charge in [-0.15, -0.1) is 0 Å². The molecule has 0 atom stereocenters. The molecule has 0 radical (unpaired) electrons. The number of aryl methyl sites for hydroxylation is 1. The minimum Gasteiger partial charge on any atom is -0.493 e. The van der Waals surface area contributed by atoms with Crippen LogP contribution in [0.15, 0.2) is 42.5 Å². The number of aromatic amines is 1. The molecular formula is C23H23ClN4O3. The molecule has 31 heavy (non-hydrogen) atoms. The van der Waals surface area contributed by atoms with Crippen LogP contribution < -0.4 is 14.2 Å². The number of ether oxygens (including phenoxy) is 3. The zero-order valence-electron chi connectivity index (χ0n) is 18.0. The van der Waals surface area contributed by atoms with Gasteiger partial charge in [-0.3, -0.25) is 9.67 Å². The molecule has 0 amide bonds. The number of hydrogen-bond donors (Lipinski definition) is 1. The predicted molar refractivity (Wildman–Crippen MR) is 121 cm³/mol. The Kier molecular flexibility index (Phi) is 5.61. The molecule has 0 aliphatic heterocycles. The van der Waals surface area contributed by atoms with Gasteiger partial charge < -0.3 is 14.2 Å². The first-order valence-corrected chi connectivity index (χ1v) is 10.0. The maximum absolute atomic E-state index is 6.42. The van der Waals surface area contributed by atoms with E-state index in [1.807, 2.05) is 60.9 Å². The van der Waals surface area contributed by atoms with Crippen molar-refractivity contribution in [2.75, 3.05) is 21.3 Å². The number of benzene rings is 2. The van der Waals surface area contributed by atoms with Crippen LogP contribution in [0.2, 0.25) is 5.02 Å². The summed E-state index contributed by atoms with van der Waals surface area (Å²) in [6, 6.07) is 13.4. The van der Waals surface area contributed by atoms with E-state index in [9.17, 15) is 0 Å². The monoisotopic (exact) mass is 438 g/mol. The van der Waals surface area contributed by atoms with Crippen molar-refractivity contribution in [1.29, 1.82) is 0 Å². The third-order valence-electron chi connectivity index (χ3n) is 5.16. The molecule has 0 saturated heterocycles. The van der Waals surface area contributed by atoms with Crippen molar-refractivity contribution >= 4 is 11.6 Å². The Morgan fingerprint density at radius 1 is 0.935 bits per heavy atom. The van der Waals surface area contributed by atoms with E-state index in [1.54, 1.807) is 21.3 Å². The van der Waals surface area contributed by atoms with E-state index < -0.39 is 0 Å². The van der Waals surface area contributed by atoms with Crippen LogP contribution in [-0.4, -0.2) is 41.1 Å². The molecule has 0 aliphatic rings. The van der Waals surface area contributed by atoms with Crippen molar-refractivity contribution in [1.82, 2.24) is 19.7 Å². The molecule has 1 N–H and O–H groups in total. The predicted octanol–water partition coefficient (Wildman–Crippen LogP) is 5.23. The smallest absolute Gasteiger partial charge is 0.203 e. The molecule has 0 saturated carbocycles. The standard InChI is InChI=1S/C23H23ClN4O3/c1-13-22(25-14(2)28(13)19-9-7-6-8-16(19)24)18-12-17(26-27-18)15-10-20(29-3)23(31-5)21(11-15)30-4/h6-12H,1-5H3,(H,26,27). The van der Waals surface area contributed by atoms with E-state index in [-0.39, 0.29) is 0 Å². The molecule has 160 valence electrons. The van der Waals surface area contributed by atoms with Crippen molar-refractivity contribution in [3.63, 3.8) is 0 Å². The summed E-state index contributed by atoms with van der Waals surface area (Å²) in [4.78, 5) is 4.76. The minimum absolute atomic E-state index is 0.537. The molecule has 2 aromatic carbocycles. The highest BCUT2D eigenvalue weighted by molar-refractivity contribution is 6.32. The molecule has 0 bridgehead atoms. The second-order valence-corrected chi connectivity index (χ2v) is 7.37. The van der Waals surface area contributed by atoms with Crippen molar-refractivity contribution in [2.45, 2.75) is 13.8 Å². The molecule has 7 nitrogen and oxygen atoms in total. The van der Waals surface area contributed by atoms with Crippen molar-refractivity contribution in [2.24, 2.45) is 0 Å². The van der Waals surface area contributed by atoms with Crippen LogP contribution in [0.25, 0.3) is 28.3 Å². The van der Waals surface area contributed by atoms with E-state index >= 15 is 0 Å². The fourth-order valence-electron chi connectivity index (χ4n) is 3.70. The summed E-state index contributed by atoms with van der Waals surface area (Å²) in [5.74, 6) is 2.51. The van der Waals surface area contributed by atoms with Crippen LogP contribution in [-0.2, 0) is 0 Å². The Bertz CT molecular complexity index is 1220. The Morgan fingerprint density at radius 3 is 2.23 bits per heavy atom.